The molecule has 1 heterocycles. The Morgan fingerprint density at radius 3 is 2.10 bits per heavy atom. The van der Waals surface area contributed by atoms with Crippen LogP contribution in [0.4, 0.5) is 0 Å². The summed E-state index contributed by atoms with van der Waals surface area (Å²) in [6, 6.07) is 3.36. The van der Waals surface area contributed by atoms with E-state index in [1.54, 1.807) is 18.2 Å². The molecule has 0 bridgehead atoms. The lowest BCUT2D eigenvalue weighted by Gasteiger charge is -2.12. The maximum Gasteiger partial charge on any atom is 0.254 e. The molecule has 0 radical (unpaired) electrons. The number of methoxy groups -OCH3 is 3. The zero-order valence-electron chi connectivity index (χ0n) is 11.5. The first kappa shape index (κ1) is 13.9. The normalized spacial score (nSPS) is 16.2. The number of carbonyl (C=O) groups excluding carboxylic acids is 2. The third kappa shape index (κ3) is 2.59. The van der Waals surface area contributed by atoms with Crippen molar-refractivity contribution in [3.05, 3.63) is 23.3 Å². The minimum absolute atomic E-state index is 0.0658. The average Bonchev–Trinajstić information content (AvgIpc) is 2.76. The van der Waals surface area contributed by atoms with Gasteiger partial charge in [-0.2, -0.15) is 0 Å². The molecule has 0 atom stereocenters. The van der Waals surface area contributed by atoms with Crippen molar-refractivity contribution < 1.29 is 23.8 Å². The Bertz CT molecular complexity index is 591. The number of imide groups is 1. The van der Waals surface area contributed by atoms with E-state index in [2.05, 4.69) is 5.32 Å². The van der Waals surface area contributed by atoms with Crippen LogP contribution in [0.2, 0.25) is 0 Å². The summed E-state index contributed by atoms with van der Waals surface area (Å²) in [5, 5.41) is 2.23. The number of amides is 2. The highest BCUT2D eigenvalue weighted by Gasteiger charge is 2.24. The van der Waals surface area contributed by atoms with Crippen molar-refractivity contribution >= 4 is 17.9 Å². The highest BCUT2D eigenvalue weighted by Crippen LogP contribution is 2.36. The summed E-state index contributed by atoms with van der Waals surface area (Å²) >= 11 is 0. The topological polar surface area (TPSA) is 73.9 Å². The van der Waals surface area contributed by atoms with Gasteiger partial charge in [-0.3, -0.25) is 14.9 Å². The number of nitrogens with one attached hydrogen (secondary N) is 1. The second kappa shape index (κ2) is 5.64. The molecule has 1 aromatic rings. The standard InChI is InChI=1S/C14H15NO5/c1-18-10-7-12(20-3)11(19-2)5-8(10)4-9-6-13(16)15-14(9)17/h4-5,7H,6H2,1-3H3,(H,15,16,17). The van der Waals surface area contributed by atoms with Crippen LogP contribution in [0.5, 0.6) is 17.2 Å². The molecular formula is C14H15NO5. The van der Waals surface area contributed by atoms with E-state index in [-0.39, 0.29) is 18.2 Å². The Labute approximate surface area is 116 Å². The molecule has 1 fully saturated rings. The summed E-state index contributed by atoms with van der Waals surface area (Å²) < 4.78 is 15.7. The van der Waals surface area contributed by atoms with Crippen molar-refractivity contribution in [2.45, 2.75) is 6.42 Å². The molecular weight excluding hydrogens is 262 g/mol. The Kier molecular flexibility index (Phi) is 3.93. The monoisotopic (exact) mass is 277 g/mol. The fourth-order valence-electron chi connectivity index (χ4n) is 1.97. The van der Waals surface area contributed by atoms with Crippen molar-refractivity contribution in [3.8, 4) is 17.2 Å². The second-order valence-electron chi connectivity index (χ2n) is 4.17. The van der Waals surface area contributed by atoms with Crippen molar-refractivity contribution in [1.82, 2.24) is 5.32 Å². The molecule has 0 unspecified atom stereocenters. The van der Waals surface area contributed by atoms with Gasteiger partial charge in [-0.1, -0.05) is 0 Å². The second-order valence-corrected chi connectivity index (χ2v) is 4.17. The maximum absolute atomic E-state index is 11.6. The molecule has 1 saturated heterocycles. The summed E-state index contributed by atoms with van der Waals surface area (Å²) in [7, 11) is 4.56. The van der Waals surface area contributed by atoms with Crippen LogP contribution in [0.25, 0.3) is 6.08 Å². The largest absolute Gasteiger partial charge is 0.496 e. The molecule has 0 spiro atoms. The summed E-state index contributed by atoms with van der Waals surface area (Å²) in [5.74, 6) is 0.887. The number of hydrogen-bond acceptors (Lipinski definition) is 5. The van der Waals surface area contributed by atoms with Gasteiger partial charge in [0, 0.05) is 17.2 Å². The third-order valence-corrected chi connectivity index (χ3v) is 2.96. The van der Waals surface area contributed by atoms with E-state index in [1.807, 2.05) is 0 Å². The Hall–Kier alpha value is -2.50. The quantitative estimate of drug-likeness (QED) is 0.660. The molecule has 2 amide bonds. The molecule has 1 aliphatic heterocycles. The van der Waals surface area contributed by atoms with Crippen molar-refractivity contribution in [1.29, 1.82) is 0 Å². The number of benzene rings is 1. The van der Waals surface area contributed by atoms with E-state index in [0.29, 0.717) is 28.4 Å². The summed E-state index contributed by atoms with van der Waals surface area (Å²) in [4.78, 5) is 22.8. The van der Waals surface area contributed by atoms with Gasteiger partial charge in [0.2, 0.25) is 5.91 Å². The predicted molar refractivity (Wildman–Crippen MR) is 71.8 cm³/mol. The Balaban J connectivity index is 2.48. The smallest absolute Gasteiger partial charge is 0.254 e. The van der Waals surface area contributed by atoms with E-state index in [9.17, 15) is 9.59 Å². The molecule has 6 heteroatoms. The van der Waals surface area contributed by atoms with Crippen molar-refractivity contribution in [3.63, 3.8) is 0 Å². The van der Waals surface area contributed by atoms with Crippen LogP contribution in [0.3, 0.4) is 0 Å². The van der Waals surface area contributed by atoms with E-state index in [0.717, 1.165) is 0 Å². The van der Waals surface area contributed by atoms with Crippen LogP contribution in [0.1, 0.15) is 12.0 Å². The van der Waals surface area contributed by atoms with Gasteiger partial charge in [0.1, 0.15) is 5.75 Å². The Morgan fingerprint density at radius 2 is 1.60 bits per heavy atom. The lowest BCUT2D eigenvalue weighted by molar-refractivity contribution is -0.124. The van der Waals surface area contributed by atoms with E-state index in [1.165, 1.54) is 21.3 Å². The maximum atomic E-state index is 11.6. The van der Waals surface area contributed by atoms with Crippen LogP contribution < -0.4 is 19.5 Å². The van der Waals surface area contributed by atoms with Gasteiger partial charge in [-0.05, 0) is 12.1 Å². The molecule has 20 heavy (non-hydrogen) atoms. The zero-order valence-corrected chi connectivity index (χ0v) is 11.5. The molecule has 1 aliphatic rings. The van der Waals surface area contributed by atoms with Crippen LogP contribution in [-0.4, -0.2) is 33.1 Å². The van der Waals surface area contributed by atoms with E-state index in [4.69, 9.17) is 14.2 Å². The average molecular weight is 277 g/mol. The fraction of sp³-hybridized carbons (Fsp3) is 0.286. The molecule has 0 aromatic heterocycles. The van der Waals surface area contributed by atoms with Crippen molar-refractivity contribution in [2.75, 3.05) is 21.3 Å². The first-order valence-electron chi connectivity index (χ1n) is 5.93. The summed E-state index contributed by atoms with van der Waals surface area (Å²) in [6.07, 6.45) is 1.68. The molecule has 1 N–H and O–H groups in total. The third-order valence-electron chi connectivity index (χ3n) is 2.96. The zero-order chi connectivity index (χ0) is 14.7. The van der Waals surface area contributed by atoms with Gasteiger partial charge in [-0.25, -0.2) is 0 Å². The highest BCUT2D eigenvalue weighted by molar-refractivity contribution is 6.15. The minimum Gasteiger partial charge on any atom is -0.496 e. The van der Waals surface area contributed by atoms with E-state index >= 15 is 0 Å². The first-order chi connectivity index (χ1) is 9.58. The van der Waals surface area contributed by atoms with Gasteiger partial charge < -0.3 is 14.2 Å². The first-order valence-corrected chi connectivity index (χ1v) is 5.93. The lowest BCUT2D eigenvalue weighted by atomic mass is 10.1. The number of carbonyl (C=O) groups is 2. The number of ether oxygens (including phenoxy) is 3. The Morgan fingerprint density at radius 1 is 1.00 bits per heavy atom. The summed E-state index contributed by atoms with van der Waals surface area (Å²) in [6.45, 7) is 0. The van der Waals surface area contributed by atoms with Gasteiger partial charge >= 0.3 is 0 Å². The molecule has 0 saturated carbocycles. The van der Waals surface area contributed by atoms with Gasteiger partial charge in [0.05, 0.1) is 27.8 Å². The minimum atomic E-state index is -0.383. The number of rotatable bonds is 4. The fourth-order valence-corrected chi connectivity index (χ4v) is 1.97. The molecule has 6 nitrogen and oxygen atoms in total. The predicted octanol–water partition coefficient (Wildman–Crippen LogP) is 1.14. The highest BCUT2D eigenvalue weighted by atomic mass is 16.5. The van der Waals surface area contributed by atoms with Crippen molar-refractivity contribution in [2.24, 2.45) is 0 Å². The van der Waals surface area contributed by atoms with Gasteiger partial charge in [0.15, 0.2) is 11.5 Å². The van der Waals surface area contributed by atoms with Gasteiger partial charge in [-0.15, -0.1) is 0 Å². The van der Waals surface area contributed by atoms with E-state index < -0.39 is 0 Å². The summed E-state index contributed by atoms with van der Waals surface area (Å²) in [5.41, 5.74) is 1.03. The lowest BCUT2D eigenvalue weighted by Crippen LogP contribution is -2.19. The molecule has 0 aliphatic carbocycles. The van der Waals surface area contributed by atoms with Crippen LogP contribution >= 0.6 is 0 Å². The van der Waals surface area contributed by atoms with Crippen LogP contribution in [0.15, 0.2) is 17.7 Å². The van der Waals surface area contributed by atoms with Crippen LogP contribution in [0, 0.1) is 0 Å². The number of hydrogen-bond donors (Lipinski definition) is 1. The SMILES string of the molecule is COc1cc(OC)c(OC)cc1C=C1CC(=O)NC1=O. The molecule has 1 aromatic carbocycles. The van der Waals surface area contributed by atoms with Gasteiger partial charge in [0.25, 0.3) is 5.91 Å². The molecule has 106 valence electrons. The van der Waals surface area contributed by atoms with Crippen LogP contribution in [-0.2, 0) is 9.59 Å². The molecule has 2 rings (SSSR count).